The molecule has 2 aromatic carbocycles. The molecule has 3 aromatic heterocycles. The van der Waals surface area contributed by atoms with Crippen molar-refractivity contribution in [2.24, 2.45) is 0 Å². The molecule has 0 aliphatic carbocycles. The van der Waals surface area contributed by atoms with Crippen molar-refractivity contribution >= 4 is 21.9 Å². The van der Waals surface area contributed by atoms with E-state index in [1.54, 1.807) is 17.1 Å². The molecule has 6 nitrogen and oxygen atoms in total. The summed E-state index contributed by atoms with van der Waals surface area (Å²) in [5, 5.41) is 6.28. The third-order valence-corrected chi connectivity index (χ3v) is 4.70. The Morgan fingerprint density at radius 2 is 1.86 bits per heavy atom. The SMILES string of the molecule is Cc1cccc(-n2ncc3c(Oc4c(C)ccc5cccnc45)ncnc32)c1. The first-order chi connectivity index (χ1) is 13.7. The Labute approximate surface area is 161 Å². The lowest BCUT2D eigenvalue weighted by Crippen LogP contribution is -1.99. The lowest BCUT2D eigenvalue weighted by atomic mass is 10.1. The second-order valence-corrected chi connectivity index (χ2v) is 6.70. The monoisotopic (exact) mass is 367 g/mol. The minimum absolute atomic E-state index is 0.463. The van der Waals surface area contributed by atoms with Crippen LogP contribution in [0.3, 0.4) is 0 Å². The van der Waals surface area contributed by atoms with Crippen molar-refractivity contribution in [3.63, 3.8) is 0 Å². The van der Waals surface area contributed by atoms with Crippen LogP contribution >= 0.6 is 0 Å². The molecule has 0 aliphatic heterocycles. The number of ether oxygens (including phenoxy) is 1. The number of hydrogen-bond acceptors (Lipinski definition) is 5. The van der Waals surface area contributed by atoms with Crippen LogP contribution in [0, 0.1) is 13.8 Å². The maximum absolute atomic E-state index is 6.24. The first kappa shape index (κ1) is 16.4. The molecule has 0 spiro atoms. The van der Waals surface area contributed by atoms with E-state index in [0.29, 0.717) is 17.3 Å². The Balaban J connectivity index is 1.65. The van der Waals surface area contributed by atoms with Gasteiger partial charge < -0.3 is 4.74 Å². The van der Waals surface area contributed by atoms with E-state index in [2.05, 4.69) is 39.1 Å². The number of aromatic nitrogens is 5. The van der Waals surface area contributed by atoms with Crippen LogP contribution in [-0.2, 0) is 0 Å². The van der Waals surface area contributed by atoms with Gasteiger partial charge in [-0.3, -0.25) is 4.98 Å². The summed E-state index contributed by atoms with van der Waals surface area (Å²) in [5.74, 6) is 1.16. The van der Waals surface area contributed by atoms with Gasteiger partial charge in [0.05, 0.1) is 11.9 Å². The van der Waals surface area contributed by atoms with E-state index in [0.717, 1.165) is 33.1 Å². The van der Waals surface area contributed by atoms with Crippen LogP contribution in [0.2, 0.25) is 0 Å². The van der Waals surface area contributed by atoms with E-state index in [9.17, 15) is 0 Å². The van der Waals surface area contributed by atoms with Crippen molar-refractivity contribution in [1.29, 1.82) is 0 Å². The Hall–Kier alpha value is -3.80. The predicted molar refractivity (Wildman–Crippen MR) is 108 cm³/mol. The van der Waals surface area contributed by atoms with Gasteiger partial charge in [-0.1, -0.05) is 30.3 Å². The lowest BCUT2D eigenvalue weighted by Gasteiger charge is -2.11. The highest BCUT2D eigenvalue weighted by Crippen LogP contribution is 2.34. The first-order valence-corrected chi connectivity index (χ1v) is 8.99. The zero-order chi connectivity index (χ0) is 19.1. The standard InChI is InChI=1S/C22H17N5O/c1-14-5-3-7-17(11-14)27-21-18(12-26-27)22(25-13-24-21)28-20-15(2)8-9-16-6-4-10-23-19(16)20/h3-13H,1-2H3. The molecule has 0 atom stereocenters. The Morgan fingerprint density at radius 3 is 2.75 bits per heavy atom. The molecule has 0 bridgehead atoms. The van der Waals surface area contributed by atoms with Gasteiger partial charge in [0, 0.05) is 11.6 Å². The van der Waals surface area contributed by atoms with Gasteiger partial charge in [-0.15, -0.1) is 0 Å². The Kier molecular flexibility index (Phi) is 3.76. The van der Waals surface area contributed by atoms with Crippen LogP contribution in [0.25, 0.3) is 27.6 Å². The number of nitrogens with zero attached hydrogens (tertiary/aromatic N) is 5. The fraction of sp³-hybridized carbons (Fsp3) is 0.0909. The molecule has 5 rings (SSSR count). The van der Waals surface area contributed by atoms with Crippen molar-refractivity contribution in [2.75, 3.05) is 0 Å². The average Bonchev–Trinajstić information content (AvgIpc) is 3.15. The van der Waals surface area contributed by atoms with E-state index >= 15 is 0 Å². The topological polar surface area (TPSA) is 65.7 Å². The van der Waals surface area contributed by atoms with Crippen molar-refractivity contribution in [3.05, 3.63) is 78.4 Å². The molecule has 3 heterocycles. The van der Waals surface area contributed by atoms with Crippen molar-refractivity contribution in [2.45, 2.75) is 13.8 Å². The summed E-state index contributed by atoms with van der Waals surface area (Å²) in [6.45, 7) is 4.05. The lowest BCUT2D eigenvalue weighted by molar-refractivity contribution is 0.469. The second-order valence-electron chi connectivity index (χ2n) is 6.70. The summed E-state index contributed by atoms with van der Waals surface area (Å²) < 4.78 is 8.04. The molecule has 0 N–H and O–H groups in total. The van der Waals surface area contributed by atoms with Gasteiger partial charge in [-0.2, -0.15) is 5.10 Å². The quantitative estimate of drug-likeness (QED) is 0.459. The fourth-order valence-electron chi connectivity index (χ4n) is 3.30. The minimum Gasteiger partial charge on any atom is -0.436 e. The molecule has 0 aliphatic rings. The smallest absolute Gasteiger partial charge is 0.233 e. The largest absolute Gasteiger partial charge is 0.436 e. The van der Waals surface area contributed by atoms with Gasteiger partial charge in [0.2, 0.25) is 5.88 Å². The average molecular weight is 367 g/mol. The minimum atomic E-state index is 0.463. The number of aryl methyl sites for hydroxylation is 2. The second kappa shape index (κ2) is 6.42. The Morgan fingerprint density at radius 1 is 0.929 bits per heavy atom. The first-order valence-electron chi connectivity index (χ1n) is 8.99. The van der Waals surface area contributed by atoms with Gasteiger partial charge in [-0.25, -0.2) is 14.6 Å². The maximum Gasteiger partial charge on any atom is 0.233 e. The molecule has 0 saturated carbocycles. The highest BCUT2D eigenvalue weighted by molar-refractivity contribution is 5.87. The number of pyridine rings is 1. The number of benzene rings is 2. The van der Waals surface area contributed by atoms with Crippen molar-refractivity contribution in [1.82, 2.24) is 24.7 Å². The van der Waals surface area contributed by atoms with Gasteiger partial charge in [0.15, 0.2) is 11.4 Å². The van der Waals surface area contributed by atoms with Gasteiger partial charge >= 0.3 is 0 Å². The van der Waals surface area contributed by atoms with Crippen molar-refractivity contribution < 1.29 is 4.74 Å². The molecule has 5 aromatic rings. The summed E-state index contributed by atoms with van der Waals surface area (Å²) in [4.78, 5) is 13.3. The number of rotatable bonds is 3. The molecule has 0 fully saturated rings. The molecule has 0 amide bonds. The number of hydrogen-bond donors (Lipinski definition) is 0. The summed E-state index contributed by atoms with van der Waals surface area (Å²) >= 11 is 0. The van der Waals surface area contributed by atoms with Gasteiger partial charge in [0.1, 0.15) is 17.2 Å². The van der Waals surface area contributed by atoms with Gasteiger partial charge in [-0.05, 0) is 43.2 Å². The zero-order valence-electron chi connectivity index (χ0n) is 15.5. The predicted octanol–water partition coefficient (Wildman–Crippen LogP) is 4.77. The van der Waals surface area contributed by atoms with Crippen LogP contribution in [0.1, 0.15) is 11.1 Å². The van der Waals surface area contributed by atoms with E-state index < -0.39 is 0 Å². The summed E-state index contributed by atoms with van der Waals surface area (Å²) in [7, 11) is 0. The van der Waals surface area contributed by atoms with Gasteiger partial charge in [0.25, 0.3) is 0 Å². The number of fused-ring (bicyclic) bond motifs is 2. The highest BCUT2D eigenvalue weighted by Gasteiger charge is 2.15. The molecule has 0 saturated heterocycles. The fourth-order valence-corrected chi connectivity index (χ4v) is 3.30. The van der Waals surface area contributed by atoms with Crippen LogP contribution in [0.5, 0.6) is 11.6 Å². The summed E-state index contributed by atoms with van der Waals surface area (Å²) in [6.07, 6.45) is 5.00. The maximum atomic E-state index is 6.24. The molecule has 6 heteroatoms. The normalized spacial score (nSPS) is 11.2. The van der Waals surface area contributed by atoms with Crippen LogP contribution < -0.4 is 4.74 Å². The van der Waals surface area contributed by atoms with Crippen molar-refractivity contribution in [3.8, 4) is 17.3 Å². The zero-order valence-corrected chi connectivity index (χ0v) is 15.5. The molecular weight excluding hydrogens is 350 g/mol. The molecule has 0 radical (unpaired) electrons. The molecule has 28 heavy (non-hydrogen) atoms. The summed E-state index contributed by atoms with van der Waals surface area (Å²) in [5.41, 5.74) is 4.60. The van der Waals surface area contributed by atoms with Crippen LogP contribution in [0.4, 0.5) is 0 Å². The molecular formula is C22H17N5O. The van der Waals surface area contributed by atoms with Crippen LogP contribution in [0.15, 0.2) is 67.3 Å². The molecule has 0 unspecified atom stereocenters. The van der Waals surface area contributed by atoms with E-state index in [-0.39, 0.29) is 0 Å². The summed E-state index contributed by atoms with van der Waals surface area (Å²) in [6, 6.07) is 16.1. The van der Waals surface area contributed by atoms with E-state index in [1.165, 1.54) is 6.33 Å². The van der Waals surface area contributed by atoms with Crippen LogP contribution in [-0.4, -0.2) is 24.7 Å². The Bertz CT molecular complexity index is 1330. The molecule has 136 valence electrons. The van der Waals surface area contributed by atoms with E-state index in [4.69, 9.17) is 4.74 Å². The highest BCUT2D eigenvalue weighted by atomic mass is 16.5. The van der Waals surface area contributed by atoms with E-state index in [1.807, 2.05) is 43.3 Å². The third-order valence-electron chi connectivity index (χ3n) is 4.70. The third kappa shape index (κ3) is 2.66.